The van der Waals surface area contributed by atoms with Gasteiger partial charge in [-0.25, -0.2) is 4.39 Å². The molecular formula is C7H7ClFN. The molecule has 0 saturated heterocycles. The summed E-state index contributed by atoms with van der Waals surface area (Å²) in [6.45, 7) is 1.23. The molecule has 3 heteroatoms. The Morgan fingerprint density at radius 3 is 2.80 bits per heavy atom. The van der Waals surface area contributed by atoms with Crippen LogP contribution in [-0.4, -0.2) is 4.98 Å². The van der Waals surface area contributed by atoms with Crippen molar-refractivity contribution in [2.45, 2.75) is 13.6 Å². The second-order valence-electron chi connectivity index (χ2n) is 2.05. The predicted octanol–water partition coefficient (Wildman–Crippen LogP) is 2.51. The molecule has 0 saturated carbocycles. The Morgan fingerprint density at radius 2 is 2.30 bits per heavy atom. The first-order chi connectivity index (χ1) is 4.72. The molecular weight excluding hydrogens is 153 g/mol. The van der Waals surface area contributed by atoms with E-state index in [9.17, 15) is 4.39 Å². The number of alkyl halides is 1. The van der Waals surface area contributed by atoms with Crippen molar-refractivity contribution >= 4 is 11.6 Å². The second kappa shape index (κ2) is 2.97. The van der Waals surface area contributed by atoms with Crippen LogP contribution >= 0.6 is 11.6 Å². The first kappa shape index (κ1) is 7.48. The van der Waals surface area contributed by atoms with Crippen molar-refractivity contribution in [2.75, 3.05) is 0 Å². The molecule has 54 valence electrons. The van der Waals surface area contributed by atoms with E-state index in [0.717, 1.165) is 5.69 Å². The van der Waals surface area contributed by atoms with Crippen LogP contribution in [0, 0.1) is 6.92 Å². The summed E-state index contributed by atoms with van der Waals surface area (Å²) in [6.07, 6.45) is 0. The summed E-state index contributed by atoms with van der Waals surface area (Å²) in [5.74, 6) is 0. The van der Waals surface area contributed by atoms with Crippen molar-refractivity contribution in [2.24, 2.45) is 0 Å². The van der Waals surface area contributed by atoms with Crippen LogP contribution in [0.1, 0.15) is 11.4 Å². The Hall–Kier alpha value is -0.630. The number of hydrogen-bond donors (Lipinski definition) is 0. The van der Waals surface area contributed by atoms with Gasteiger partial charge in [-0.05, 0) is 19.1 Å². The summed E-state index contributed by atoms with van der Waals surface area (Å²) in [7, 11) is 0. The average molecular weight is 160 g/mol. The van der Waals surface area contributed by atoms with Gasteiger partial charge in [-0.2, -0.15) is 0 Å². The number of nitrogens with zero attached hydrogens (tertiary/aromatic N) is 1. The zero-order valence-electron chi connectivity index (χ0n) is 5.56. The van der Waals surface area contributed by atoms with Crippen LogP contribution in [0.4, 0.5) is 4.39 Å². The van der Waals surface area contributed by atoms with Crippen molar-refractivity contribution in [3.8, 4) is 0 Å². The second-order valence-corrected chi connectivity index (χ2v) is 2.49. The average Bonchev–Trinajstić information content (AvgIpc) is 1.85. The molecule has 0 radical (unpaired) electrons. The van der Waals surface area contributed by atoms with Gasteiger partial charge in [-0.3, -0.25) is 4.98 Å². The SMILES string of the molecule is Cc1cc(Cl)cc(CF)n1. The summed E-state index contributed by atoms with van der Waals surface area (Å²) in [5, 5.41) is 0.542. The predicted molar refractivity (Wildman–Crippen MR) is 38.8 cm³/mol. The van der Waals surface area contributed by atoms with E-state index in [0.29, 0.717) is 10.7 Å². The van der Waals surface area contributed by atoms with Crippen LogP contribution in [-0.2, 0) is 6.67 Å². The van der Waals surface area contributed by atoms with E-state index < -0.39 is 6.67 Å². The van der Waals surface area contributed by atoms with Crippen molar-refractivity contribution in [3.63, 3.8) is 0 Å². The van der Waals surface area contributed by atoms with Gasteiger partial charge < -0.3 is 0 Å². The Bertz CT molecular complexity index is 217. The largest absolute Gasteiger partial charge is 0.255 e. The molecule has 0 atom stereocenters. The molecule has 1 aromatic rings. The molecule has 0 fully saturated rings. The molecule has 0 aromatic carbocycles. The molecule has 0 N–H and O–H groups in total. The van der Waals surface area contributed by atoms with Crippen molar-refractivity contribution in [1.82, 2.24) is 4.98 Å². The zero-order chi connectivity index (χ0) is 7.56. The summed E-state index contributed by atoms with van der Waals surface area (Å²) in [4.78, 5) is 3.89. The Labute approximate surface area is 63.8 Å². The van der Waals surface area contributed by atoms with E-state index in [-0.39, 0.29) is 0 Å². The van der Waals surface area contributed by atoms with E-state index in [1.54, 1.807) is 13.0 Å². The van der Waals surface area contributed by atoms with Crippen LogP contribution in [0.15, 0.2) is 12.1 Å². The van der Waals surface area contributed by atoms with E-state index in [1.807, 2.05) is 0 Å². The molecule has 1 rings (SSSR count). The van der Waals surface area contributed by atoms with Crippen LogP contribution < -0.4 is 0 Å². The minimum Gasteiger partial charge on any atom is -0.255 e. The normalized spacial score (nSPS) is 9.90. The minimum absolute atomic E-state index is 0.394. The summed E-state index contributed by atoms with van der Waals surface area (Å²) in [6, 6.07) is 3.22. The fraction of sp³-hybridized carbons (Fsp3) is 0.286. The molecule has 1 heterocycles. The Balaban J connectivity index is 3.06. The topological polar surface area (TPSA) is 12.9 Å². The zero-order valence-corrected chi connectivity index (χ0v) is 6.32. The first-order valence-corrected chi connectivity index (χ1v) is 3.29. The monoisotopic (exact) mass is 159 g/mol. The lowest BCUT2D eigenvalue weighted by molar-refractivity contribution is 0.475. The summed E-state index contributed by atoms with van der Waals surface area (Å²) >= 11 is 5.62. The third-order valence-corrected chi connectivity index (χ3v) is 1.33. The first-order valence-electron chi connectivity index (χ1n) is 2.91. The van der Waals surface area contributed by atoms with Gasteiger partial charge in [0.25, 0.3) is 0 Å². The highest BCUT2D eigenvalue weighted by molar-refractivity contribution is 6.30. The van der Waals surface area contributed by atoms with Gasteiger partial charge >= 0.3 is 0 Å². The van der Waals surface area contributed by atoms with Gasteiger partial charge in [-0.1, -0.05) is 11.6 Å². The van der Waals surface area contributed by atoms with E-state index in [2.05, 4.69) is 4.98 Å². The molecule has 1 aromatic heterocycles. The summed E-state index contributed by atoms with van der Waals surface area (Å²) in [5.41, 5.74) is 1.14. The number of rotatable bonds is 1. The fourth-order valence-corrected chi connectivity index (χ4v) is 1.04. The third-order valence-electron chi connectivity index (χ3n) is 1.11. The molecule has 0 bridgehead atoms. The molecule has 0 spiro atoms. The van der Waals surface area contributed by atoms with Gasteiger partial charge in [0, 0.05) is 10.7 Å². The van der Waals surface area contributed by atoms with E-state index in [4.69, 9.17) is 11.6 Å². The number of aromatic nitrogens is 1. The lowest BCUT2D eigenvalue weighted by atomic mass is 10.3. The Morgan fingerprint density at radius 1 is 1.60 bits per heavy atom. The fourth-order valence-electron chi connectivity index (χ4n) is 0.760. The number of aryl methyl sites for hydroxylation is 1. The molecule has 0 aliphatic rings. The van der Waals surface area contributed by atoms with Gasteiger partial charge in [-0.15, -0.1) is 0 Å². The highest BCUT2D eigenvalue weighted by Crippen LogP contribution is 2.11. The minimum atomic E-state index is -0.554. The standard InChI is InChI=1S/C7H7ClFN/c1-5-2-6(8)3-7(4-9)10-5/h2-3H,4H2,1H3. The molecule has 0 aliphatic carbocycles. The maximum absolute atomic E-state index is 12.0. The van der Waals surface area contributed by atoms with Crippen LogP contribution in [0.5, 0.6) is 0 Å². The summed E-state index contributed by atoms with van der Waals surface area (Å²) < 4.78 is 12.0. The molecule has 0 aliphatic heterocycles. The lowest BCUT2D eigenvalue weighted by Gasteiger charge is -1.96. The highest BCUT2D eigenvalue weighted by atomic mass is 35.5. The smallest absolute Gasteiger partial charge is 0.131 e. The molecule has 0 amide bonds. The van der Waals surface area contributed by atoms with Gasteiger partial charge in [0.2, 0.25) is 0 Å². The van der Waals surface area contributed by atoms with Crippen LogP contribution in [0.25, 0.3) is 0 Å². The highest BCUT2D eigenvalue weighted by Gasteiger charge is 1.96. The van der Waals surface area contributed by atoms with E-state index in [1.165, 1.54) is 6.07 Å². The number of pyridine rings is 1. The number of halogens is 2. The van der Waals surface area contributed by atoms with Gasteiger partial charge in [0.15, 0.2) is 0 Å². The third kappa shape index (κ3) is 1.67. The van der Waals surface area contributed by atoms with Gasteiger partial charge in [0.05, 0.1) is 5.69 Å². The molecule has 1 nitrogen and oxygen atoms in total. The van der Waals surface area contributed by atoms with Crippen molar-refractivity contribution in [1.29, 1.82) is 0 Å². The van der Waals surface area contributed by atoms with Crippen LogP contribution in [0.3, 0.4) is 0 Å². The van der Waals surface area contributed by atoms with Crippen molar-refractivity contribution in [3.05, 3.63) is 28.5 Å². The lowest BCUT2D eigenvalue weighted by Crippen LogP contribution is -1.87. The maximum atomic E-state index is 12.0. The number of hydrogen-bond acceptors (Lipinski definition) is 1. The Kier molecular flexibility index (Phi) is 2.22. The maximum Gasteiger partial charge on any atom is 0.131 e. The molecule has 10 heavy (non-hydrogen) atoms. The molecule has 0 unspecified atom stereocenters. The van der Waals surface area contributed by atoms with Crippen molar-refractivity contribution < 1.29 is 4.39 Å². The van der Waals surface area contributed by atoms with Crippen LogP contribution in [0.2, 0.25) is 5.02 Å². The van der Waals surface area contributed by atoms with Gasteiger partial charge in [0.1, 0.15) is 6.67 Å². The quantitative estimate of drug-likeness (QED) is 0.614. The van der Waals surface area contributed by atoms with E-state index >= 15 is 0 Å².